The monoisotopic (exact) mass is 104 g/mol. The van der Waals surface area contributed by atoms with Crippen LogP contribution in [0.4, 0.5) is 4.39 Å². The molecule has 4 heteroatoms. The Hall–Kier alpha value is -0.535. The van der Waals surface area contributed by atoms with Gasteiger partial charge in [-0.3, -0.25) is 0 Å². The molecule has 0 radical (unpaired) electrons. The van der Waals surface area contributed by atoms with Crippen molar-refractivity contribution in [1.82, 2.24) is 0 Å². The quantitative estimate of drug-likeness (QED) is 0.287. The van der Waals surface area contributed by atoms with Gasteiger partial charge in [-0.1, -0.05) is 0 Å². The molecule has 0 N–H and O–H groups in total. The second-order valence-electron chi connectivity index (χ2n) is 0.783. The summed E-state index contributed by atoms with van der Waals surface area (Å²) in [6.45, 7) is 0.849. The summed E-state index contributed by atoms with van der Waals surface area (Å²) in [4.78, 5) is 0. The second kappa shape index (κ2) is 5.46. The Morgan fingerprint density at radius 3 is 3.43 bits per heavy atom. The molecule has 0 aliphatic carbocycles. The zero-order chi connectivity index (χ0) is 6.41. The van der Waals surface area contributed by atoms with Gasteiger partial charge in [0.15, 0.2) is 0 Å². The first kappa shape index (κ1) is 4.62. The molecule has 0 unspecified atom stereocenters. The zero-order valence-corrected chi connectivity index (χ0v) is 4.10. The fourth-order valence-electron chi connectivity index (χ4n) is 0.132. The van der Waals surface area contributed by atoms with Crippen LogP contribution in [0, 0.1) is 0 Å². The van der Waals surface area contributed by atoms with Gasteiger partial charge < -0.3 is 4.76 Å². The van der Waals surface area contributed by atoms with Crippen LogP contribution in [-0.2, 0) is 4.76 Å². The highest BCUT2D eigenvalue weighted by atomic mass is 18.2. The Morgan fingerprint density at radius 1 is 2.29 bits per heavy atom. The number of nitrogens with zero attached hydrogens (tertiary/aromatic N) is 1. The fraction of sp³-hybridized carbons (Fsp3) is 0.667. The number of alkyl halides is 1. The first-order valence-corrected chi connectivity index (χ1v) is 1.93. The highest BCUT2D eigenvalue weighted by Gasteiger charge is 1.72. The van der Waals surface area contributed by atoms with Crippen molar-refractivity contribution in [3.05, 3.63) is 0 Å². The van der Waals surface area contributed by atoms with Crippen molar-refractivity contribution >= 4 is 13.7 Å². The third kappa shape index (κ3) is 5.46. The van der Waals surface area contributed by atoms with Crippen molar-refractivity contribution < 1.29 is 9.15 Å². The molecule has 0 heterocycles. The van der Waals surface area contributed by atoms with Crippen LogP contribution in [0.5, 0.6) is 0 Å². The molecule has 0 aliphatic rings. The summed E-state index contributed by atoms with van der Waals surface area (Å²) in [5.74, 6) is 0. The number of rotatable bonds is 3. The van der Waals surface area contributed by atoms with E-state index in [-0.39, 0.29) is 0 Å². The molecule has 40 valence electrons. The fourth-order valence-corrected chi connectivity index (χ4v) is 0.132. The van der Waals surface area contributed by atoms with E-state index in [1.165, 1.54) is 6.82 Å². The SMILES string of the molecule is [3H]B(C)O/N=C/C[18F]. The maximum absolute atomic E-state index is 11.2. The number of hydrogen-bond donors (Lipinski definition) is 0. The van der Waals surface area contributed by atoms with Crippen LogP contribution >= 0.6 is 0 Å². The van der Waals surface area contributed by atoms with Gasteiger partial charge in [-0.2, -0.15) is 0 Å². The number of hydrogen-bond acceptors (Lipinski definition) is 2. The van der Waals surface area contributed by atoms with E-state index in [1.807, 2.05) is 0 Å². The molecule has 0 spiro atoms. The van der Waals surface area contributed by atoms with Crippen LogP contribution in [-0.4, -0.2) is 21.7 Å². The lowest BCUT2D eigenvalue weighted by Crippen LogP contribution is -1.84. The van der Waals surface area contributed by atoms with E-state index >= 15 is 0 Å². The van der Waals surface area contributed by atoms with E-state index in [0.29, 0.717) is 0 Å². The normalized spacial score (nSPS) is 11.4. The average Bonchev–Trinajstić information content (AvgIpc) is 1.66. The third-order valence-electron chi connectivity index (χ3n) is 0.310. The highest BCUT2D eigenvalue weighted by molar-refractivity contribution is 6.24. The van der Waals surface area contributed by atoms with E-state index in [1.54, 1.807) is 0 Å². The molecular formula is C3H7BFNO. The standard InChI is InChI=1S/C3H7BFNO/c1-4-7-6-3-2-5/h3-4H,2H2,1H3/b6-3+/i4T,5-1. The smallest absolute Gasteiger partial charge is 0.374 e. The number of oxime groups is 1. The van der Waals surface area contributed by atoms with Gasteiger partial charge in [0.1, 0.15) is 6.67 Å². The van der Waals surface area contributed by atoms with Crippen LogP contribution in [0.15, 0.2) is 5.16 Å². The van der Waals surface area contributed by atoms with Crippen molar-refractivity contribution in [3.8, 4) is 0 Å². The van der Waals surface area contributed by atoms with Crippen molar-refractivity contribution in [2.45, 2.75) is 6.82 Å². The maximum atomic E-state index is 11.2. The van der Waals surface area contributed by atoms with Crippen molar-refractivity contribution in [2.75, 3.05) is 6.67 Å². The lowest BCUT2D eigenvalue weighted by Gasteiger charge is -1.84. The van der Waals surface area contributed by atoms with Gasteiger partial charge in [-0.15, -0.1) is 5.16 Å². The summed E-state index contributed by atoms with van der Waals surface area (Å²) in [6, 6.07) is 0. The Labute approximate surface area is 44.0 Å². The van der Waals surface area contributed by atoms with Crippen LogP contribution in [0.3, 0.4) is 0 Å². The summed E-state index contributed by atoms with van der Waals surface area (Å²) in [7, 11) is -0.710. The average molecular weight is 104 g/mol. The van der Waals surface area contributed by atoms with Gasteiger partial charge in [-0.25, -0.2) is 4.39 Å². The Bertz CT molecular complexity index is 79.7. The summed E-state index contributed by atoms with van der Waals surface area (Å²) >= 11 is 0. The van der Waals surface area contributed by atoms with E-state index in [4.69, 9.17) is 1.34 Å². The predicted molar refractivity (Wildman–Crippen MR) is 28.6 cm³/mol. The Kier molecular flexibility index (Phi) is 3.61. The van der Waals surface area contributed by atoms with Crippen molar-refractivity contribution in [2.24, 2.45) is 5.16 Å². The minimum atomic E-state index is -0.710. The zero-order valence-electron chi connectivity index (χ0n) is 5.10. The minimum absolute atomic E-state index is 0.646. The van der Waals surface area contributed by atoms with Crippen LogP contribution in [0.2, 0.25) is 6.82 Å². The molecule has 0 aromatic rings. The molecule has 0 rings (SSSR count). The molecule has 0 aromatic heterocycles. The molecule has 0 aliphatic heterocycles. The minimum Gasteiger partial charge on any atom is -0.475 e. The lowest BCUT2D eigenvalue weighted by atomic mass is 10.1. The topological polar surface area (TPSA) is 21.6 Å². The molecule has 0 saturated heterocycles. The summed E-state index contributed by atoms with van der Waals surface area (Å²) in [5, 5.41) is 3.10. The molecule has 7 heavy (non-hydrogen) atoms. The molecule has 0 saturated carbocycles. The van der Waals surface area contributed by atoms with Crippen LogP contribution in [0.1, 0.15) is 0 Å². The Morgan fingerprint density at radius 2 is 3.00 bits per heavy atom. The number of halogens is 1. The van der Waals surface area contributed by atoms with Gasteiger partial charge in [0.25, 0.3) is 0 Å². The Balaban J connectivity index is 3.03. The first-order chi connectivity index (χ1) is 3.77. The van der Waals surface area contributed by atoms with Crippen molar-refractivity contribution in [1.29, 1.82) is 1.34 Å². The maximum Gasteiger partial charge on any atom is 0.374 e. The molecule has 0 bridgehead atoms. The molecule has 0 fully saturated rings. The van der Waals surface area contributed by atoms with Gasteiger partial charge in [0, 0.05) is 1.34 Å². The van der Waals surface area contributed by atoms with Gasteiger partial charge in [0.2, 0.25) is 0 Å². The molecule has 2 nitrogen and oxygen atoms in total. The molecule has 0 aromatic carbocycles. The first-order valence-electron chi connectivity index (χ1n) is 2.51. The van der Waals surface area contributed by atoms with E-state index in [2.05, 4.69) is 9.91 Å². The summed E-state index contributed by atoms with van der Waals surface area (Å²) in [6.07, 6.45) is 0.963. The van der Waals surface area contributed by atoms with Gasteiger partial charge in [0.05, 0.1) is 6.21 Å². The highest BCUT2D eigenvalue weighted by Crippen LogP contribution is 1.67. The van der Waals surface area contributed by atoms with Gasteiger partial charge in [-0.05, 0) is 6.82 Å². The lowest BCUT2D eigenvalue weighted by molar-refractivity contribution is 0.365. The van der Waals surface area contributed by atoms with E-state index < -0.39 is 14.1 Å². The third-order valence-corrected chi connectivity index (χ3v) is 0.310. The van der Waals surface area contributed by atoms with Crippen LogP contribution in [0.25, 0.3) is 0 Å². The van der Waals surface area contributed by atoms with Gasteiger partial charge >= 0.3 is 7.45 Å². The largest absolute Gasteiger partial charge is 0.475 e. The van der Waals surface area contributed by atoms with E-state index in [9.17, 15) is 4.39 Å². The second-order valence-corrected chi connectivity index (χ2v) is 0.783. The molecular weight excluding hydrogens is 94.9 g/mol. The summed E-state index contributed by atoms with van der Waals surface area (Å²) in [5.41, 5.74) is 0. The predicted octanol–water partition coefficient (Wildman–Crippen LogP) is 0.358. The molecule has 0 atom stereocenters. The molecule has 0 amide bonds. The van der Waals surface area contributed by atoms with Crippen molar-refractivity contribution in [3.63, 3.8) is 0 Å². The van der Waals surface area contributed by atoms with E-state index in [0.717, 1.165) is 6.21 Å². The van der Waals surface area contributed by atoms with Crippen LogP contribution < -0.4 is 0 Å². The summed E-state index contributed by atoms with van der Waals surface area (Å²) < 4.78 is 22.1.